The smallest absolute Gasteiger partial charge is 0.256 e. The number of amides is 1. The molecular weight excluding hydrogens is 375 g/mol. The normalized spacial score (nSPS) is 14.6. The van der Waals surface area contributed by atoms with Crippen LogP contribution in [0.5, 0.6) is 5.75 Å². The Morgan fingerprint density at radius 3 is 2.86 bits per heavy atom. The number of hydrogen-bond acceptors (Lipinski definition) is 7. The predicted molar refractivity (Wildman–Crippen MR) is 109 cm³/mol. The number of benzene rings is 1. The molecule has 0 atom stereocenters. The minimum Gasteiger partial charge on any atom is -0.493 e. The number of anilines is 1. The molecule has 0 saturated carbocycles. The summed E-state index contributed by atoms with van der Waals surface area (Å²) in [5.74, 6) is -0.146. The van der Waals surface area contributed by atoms with E-state index in [9.17, 15) is 9.18 Å². The largest absolute Gasteiger partial charge is 0.493 e. The summed E-state index contributed by atoms with van der Waals surface area (Å²) in [7, 11) is 0. The Bertz CT molecular complexity index is 1020. The summed E-state index contributed by atoms with van der Waals surface area (Å²) in [6.45, 7) is 2.55. The van der Waals surface area contributed by atoms with Gasteiger partial charge in [0.05, 0.1) is 12.3 Å². The summed E-state index contributed by atoms with van der Waals surface area (Å²) in [5.41, 5.74) is 12.4. The van der Waals surface area contributed by atoms with Gasteiger partial charge in [-0.15, -0.1) is 0 Å². The zero-order valence-corrected chi connectivity index (χ0v) is 15.8. The average Bonchev–Trinajstić information content (AvgIpc) is 2.72. The monoisotopic (exact) mass is 396 g/mol. The van der Waals surface area contributed by atoms with Gasteiger partial charge in [-0.3, -0.25) is 4.79 Å². The van der Waals surface area contributed by atoms with E-state index in [1.807, 2.05) is 6.92 Å². The summed E-state index contributed by atoms with van der Waals surface area (Å²) in [6.07, 6.45) is 5.38. The summed E-state index contributed by atoms with van der Waals surface area (Å²) in [6, 6.07) is 7.27. The number of rotatable bonds is 6. The molecule has 0 unspecified atom stereocenters. The molecule has 2 heterocycles. The van der Waals surface area contributed by atoms with Crippen molar-refractivity contribution in [2.24, 2.45) is 16.5 Å². The van der Waals surface area contributed by atoms with Gasteiger partial charge in [-0.25, -0.2) is 14.4 Å². The summed E-state index contributed by atoms with van der Waals surface area (Å²) >= 11 is 0. The van der Waals surface area contributed by atoms with E-state index in [0.29, 0.717) is 23.9 Å². The number of nitrogens with two attached hydrogens (primary N) is 2. The number of aromatic nitrogens is 1. The van der Waals surface area contributed by atoms with Crippen molar-refractivity contribution in [3.8, 4) is 5.75 Å². The zero-order valence-electron chi connectivity index (χ0n) is 15.8. The highest BCUT2D eigenvalue weighted by atomic mass is 19.1. The van der Waals surface area contributed by atoms with E-state index in [-0.39, 0.29) is 22.7 Å². The highest BCUT2D eigenvalue weighted by Crippen LogP contribution is 2.20. The maximum Gasteiger partial charge on any atom is 0.256 e. The molecule has 0 aliphatic carbocycles. The lowest BCUT2D eigenvalue weighted by molar-refractivity contribution is 0.102. The van der Waals surface area contributed by atoms with Gasteiger partial charge in [0.15, 0.2) is 0 Å². The lowest BCUT2D eigenvalue weighted by Gasteiger charge is -2.15. The summed E-state index contributed by atoms with van der Waals surface area (Å²) in [5, 5.41) is 5.46. The Morgan fingerprint density at radius 2 is 2.14 bits per heavy atom. The molecular formula is C20H21FN6O2. The number of aliphatic imine (C=N–C) groups is 1. The van der Waals surface area contributed by atoms with Crippen molar-refractivity contribution in [3.63, 3.8) is 0 Å². The number of amidine groups is 1. The van der Waals surface area contributed by atoms with Crippen LogP contribution in [0.25, 0.3) is 5.70 Å². The molecule has 8 nitrogen and oxygen atoms in total. The van der Waals surface area contributed by atoms with E-state index >= 15 is 0 Å². The van der Waals surface area contributed by atoms with Gasteiger partial charge in [-0.05, 0) is 30.7 Å². The van der Waals surface area contributed by atoms with Gasteiger partial charge in [-0.2, -0.15) is 0 Å². The van der Waals surface area contributed by atoms with Gasteiger partial charge >= 0.3 is 0 Å². The zero-order chi connectivity index (χ0) is 20.8. The van der Waals surface area contributed by atoms with Crippen LogP contribution in [0.3, 0.4) is 0 Å². The molecule has 3 rings (SSSR count). The third kappa shape index (κ3) is 4.70. The Morgan fingerprint density at radius 1 is 1.31 bits per heavy atom. The molecule has 0 fully saturated rings. The fourth-order valence-electron chi connectivity index (χ4n) is 2.58. The number of nitrogens with one attached hydrogen (secondary N) is 2. The minimum absolute atomic E-state index is 0.0856. The Balaban J connectivity index is 1.78. The number of carbonyl (C=O) groups is 1. The lowest BCUT2D eigenvalue weighted by Crippen LogP contribution is -2.29. The molecule has 1 aliphatic heterocycles. The van der Waals surface area contributed by atoms with E-state index in [1.165, 1.54) is 30.7 Å². The predicted octanol–water partition coefficient (Wildman–Crippen LogP) is 2.32. The first-order chi connectivity index (χ1) is 14.0. The fraction of sp³-hybridized carbons (Fsp3) is 0.150. The van der Waals surface area contributed by atoms with E-state index in [1.54, 1.807) is 12.1 Å². The van der Waals surface area contributed by atoms with Crippen molar-refractivity contribution in [2.45, 2.75) is 13.3 Å². The van der Waals surface area contributed by atoms with Crippen molar-refractivity contribution in [1.82, 2.24) is 10.3 Å². The van der Waals surface area contributed by atoms with Crippen LogP contribution in [0.1, 0.15) is 29.3 Å². The number of hydrogen-bond donors (Lipinski definition) is 4. The first-order valence-corrected chi connectivity index (χ1v) is 8.94. The molecule has 0 radical (unpaired) electrons. The van der Waals surface area contributed by atoms with E-state index in [2.05, 4.69) is 20.6 Å². The second-order valence-electron chi connectivity index (χ2n) is 6.14. The Kier molecular flexibility index (Phi) is 6.08. The van der Waals surface area contributed by atoms with Gasteiger partial charge < -0.3 is 26.8 Å². The molecule has 1 amide bonds. The first kappa shape index (κ1) is 19.9. The quantitative estimate of drug-likeness (QED) is 0.593. The van der Waals surface area contributed by atoms with Crippen molar-refractivity contribution < 1.29 is 13.9 Å². The molecule has 0 bridgehead atoms. The highest BCUT2D eigenvalue weighted by Gasteiger charge is 2.17. The standard InChI is InChI=1S/C20H21FN6O2/c1-2-9-29-13-5-6-24-16(11-13)27-20(28)12-3-4-14(15(21)10-12)17(22)18-19(23)26-8-7-25-18/h3-8,10-11,25H,2,9,22H2,1H3,(H2,23,26)(H,24,27,28)/b18-17-. The highest BCUT2D eigenvalue weighted by molar-refractivity contribution is 6.05. The minimum atomic E-state index is -0.667. The van der Waals surface area contributed by atoms with Gasteiger partial charge in [0.25, 0.3) is 5.91 Å². The number of ether oxygens (including phenoxy) is 1. The second-order valence-corrected chi connectivity index (χ2v) is 6.14. The van der Waals surface area contributed by atoms with E-state index < -0.39 is 11.7 Å². The number of nitrogens with zero attached hydrogens (tertiary/aromatic N) is 2. The molecule has 2 aromatic rings. The molecule has 9 heteroatoms. The van der Waals surface area contributed by atoms with Crippen molar-refractivity contribution in [2.75, 3.05) is 11.9 Å². The second kappa shape index (κ2) is 8.87. The molecule has 29 heavy (non-hydrogen) atoms. The molecule has 1 aromatic carbocycles. The summed E-state index contributed by atoms with van der Waals surface area (Å²) < 4.78 is 20.1. The number of pyridine rings is 1. The Hall–Kier alpha value is -3.88. The van der Waals surface area contributed by atoms with Gasteiger partial charge in [0.1, 0.15) is 28.9 Å². The molecule has 0 spiro atoms. The van der Waals surface area contributed by atoms with E-state index in [0.717, 1.165) is 12.5 Å². The van der Waals surface area contributed by atoms with Gasteiger partial charge in [-0.1, -0.05) is 6.92 Å². The third-order valence-corrected chi connectivity index (χ3v) is 4.01. The first-order valence-electron chi connectivity index (χ1n) is 8.94. The molecule has 6 N–H and O–H groups in total. The van der Waals surface area contributed by atoms with Crippen LogP contribution in [-0.4, -0.2) is 23.3 Å². The average molecular weight is 396 g/mol. The van der Waals surface area contributed by atoms with Crippen LogP contribution >= 0.6 is 0 Å². The third-order valence-electron chi connectivity index (χ3n) is 4.01. The van der Waals surface area contributed by atoms with Crippen LogP contribution in [0.4, 0.5) is 10.2 Å². The Labute approximate surface area is 167 Å². The van der Waals surface area contributed by atoms with Crippen molar-refractivity contribution in [1.29, 1.82) is 0 Å². The van der Waals surface area contributed by atoms with Crippen LogP contribution in [-0.2, 0) is 0 Å². The molecule has 1 aliphatic rings. The molecule has 150 valence electrons. The summed E-state index contributed by atoms with van der Waals surface area (Å²) in [4.78, 5) is 20.5. The van der Waals surface area contributed by atoms with Crippen LogP contribution in [0.2, 0.25) is 0 Å². The van der Waals surface area contributed by atoms with Crippen LogP contribution in [0.15, 0.2) is 59.6 Å². The topological polar surface area (TPSA) is 128 Å². The van der Waals surface area contributed by atoms with Crippen molar-refractivity contribution in [3.05, 3.63) is 71.6 Å². The number of carbonyl (C=O) groups excluding carboxylic acids is 1. The van der Waals surface area contributed by atoms with Crippen LogP contribution < -0.4 is 26.8 Å². The van der Waals surface area contributed by atoms with Gasteiger partial charge in [0.2, 0.25) is 0 Å². The molecule has 0 saturated heterocycles. The number of halogens is 1. The molecule has 1 aromatic heterocycles. The maximum absolute atomic E-state index is 14.6. The van der Waals surface area contributed by atoms with Crippen molar-refractivity contribution >= 4 is 23.3 Å². The van der Waals surface area contributed by atoms with Gasteiger partial charge in [0, 0.05) is 35.8 Å². The SMILES string of the molecule is CCCOc1ccnc(NC(=O)c2ccc(/C(N)=C3/NC=CN=C3N)c(F)c2)c1. The maximum atomic E-state index is 14.6. The van der Waals surface area contributed by atoms with E-state index in [4.69, 9.17) is 16.2 Å². The fourth-order valence-corrected chi connectivity index (χ4v) is 2.58. The van der Waals surface area contributed by atoms with Crippen LogP contribution in [0, 0.1) is 5.82 Å². The lowest BCUT2D eigenvalue weighted by atomic mass is 10.1.